The third-order valence-electron chi connectivity index (χ3n) is 5.65. The third kappa shape index (κ3) is 4.93. The molecule has 0 radical (unpaired) electrons. The van der Waals surface area contributed by atoms with Crippen molar-refractivity contribution in [3.05, 3.63) is 83.6 Å². The zero-order valence-corrected chi connectivity index (χ0v) is 19.4. The molecule has 5 nitrogen and oxygen atoms in total. The number of hydrogen-bond donors (Lipinski definition) is 0. The minimum Gasteiger partial charge on any atom is -0.465 e. The minimum atomic E-state index is -0.414. The van der Waals surface area contributed by atoms with Crippen LogP contribution < -0.4 is 0 Å². The predicted molar refractivity (Wildman–Crippen MR) is 129 cm³/mol. The van der Waals surface area contributed by atoms with Crippen LogP contribution in [0.5, 0.6) is 0 Å². The first kappa shape index (κ1) is 23.3. The molecule has 3 rings (SSSR count). The minimum absolute atomic E-state index is 0.103. The number of aryl methyl sites for hydroxylation is 1. The monoisotopic (exact) mass is 432 g/mol. The quantitative estimate of drug-likeness (QED) is 0.333. The van der Waals surface area contributed by atoms with Crippen molar-refractivity contribution < 1.29 is 14.3 Å². The zero-order valence-electron chi connectivity index (χ0n) is 19.4. The molecule has 0 atom stereocenters. The van der Waals surface area contributed by atoms with E-state index in [2.05, 4.69) is 38.6 Å². The fraction of sp³-hybridized carbons (Fsp3) is 0.333. The molecule has 1 amide bonds. The van der Waals surface area contributed by atoms with Gasteiger partial charge in [0, 0.05) is 24.0 Å². The molecule has 3 aromatic rings. The molecule has 0 bridgehead atoms. The second kappa shape index (κ2) is 10.3. The van der Waals surface area contributed by atoms with Crippen molar-refractivity contribution in [3.63, 3.8) is 0 Å². The summed E-state index contributed by atoms with van der Waals surface area (Å²) >= 11 is 0. The van der Waals surface area contributed by atoms with E-state index in [4.69, 9.17) is 4.74 Å². The second-order valence-electron chi connectivity index (χ2n) is 8.26. The van der Waals surface area contributed by atoms with E-state index >= 15 is 0 Å². The summed E-state index contributed by atoms with van der Waals surface area (Å²) in [5.74, 6) is -0.217. The molecule has 0 aliphatic carbocycles. The van der Waals surface area contributed by atoms with Gasteiger partial charge in [0.25, 0.3) is 5.91 Å². The average molecular weight is 433 g/mol. The van der Waals surface area contributed by atoms with Crippen LogP contribution in [0, 0.1) is 6.92 Å². The van der Waals surface area contributed by atoms with Gasteiger partial charge >= 0.3 is 5.97 Å². The normalized spacial score (nSPS) is 11.0. The number of rotatable bonds is 9. The summed E-state index contributed by atoms with van der Waals surface area (Å²) in [6, 6.07) is 16.0. The molecule has 168 valence electrons. The van der Waals surface area contributed by atoms with Crippen molar-refractivity contribution in [2.24, 2.45) is 0 Å². The second-order valence-corrected chi connectivity index (χ2v) is 8.26. The van der Waals surface area contributed by atoms with E-state index in [0.29, 0.717) is 24.7 Å². The Morgan fingerprint density at radius 3 is 2.50 bits per heavy atom. The van der Waals surface area contributed by atoms with Crippen LogP contribution in [-0.2, 0) is 22.6 Å². The van der Waals surface area contributed by atoms with Gasteiger partial charge in [0.2, 0.25) is 0 Å². The maximum Gasteiger partial charge on any atom is 0.325 e. The molecule has 0 unspecified atom stereocenters. The first-order chi connectivity index (χ1) is 15.4. The van der Waals surface area contributed by atoms with E-state index in [1.54, 1.807) is 17.9 Å². The van der Waals surface area contributed by atoms with Gasteiger partial charge in [-0.15, -0.1) is 6.58 Å². The molecule has 0 spiro atoms. The van der Waals surface area contributed by atoms with Crippen molar-refractivity contribution in [2.45, 2.75) is 46.7 Å². The summed E-state index contributed by atoms with van der Waals surface area (Å²) in [6.07, 6.45) is 1.79. The number of ether oxygens (including phenoxy) is 1. The molecule has 2 aromatic carbocycles. The van der Waals surface area contributed by atoms with Crippen molar-refractivity contribution in [1.29, 1.82) is 0 Å². The Balaban J connectivity index is 2.10. The first-order valence-corrected chi connectivity index (χ1v) is 11.1. The molecular formula is C27H32N2O3. The number of allylic oxidation sites excluding steroid dienone is 1. The fourth-order valence-electron chi connectivity index (χ4n) is 4.01. The number of fused-ring (bicyclic) bond motifs is 1. The first-order valence-electron chi connectivity index (χ1n) is 11.1. The fourth-order valence-corrected chi connectivity index (χ4v) is 4.01. The molecule has 5 heteroatoms. The molecule has 0 aliphatic rings. The summed E-state index contributed by atoms with van der Waals surface area (Å²) < 4.78 is 7.14. The summed E-state index contributed by atoms with van der Waals surface area (Å²) in [4.78, 5) is 27.8. The zero-order chi connectivity index (χ0) is 23.3. The Morgan fingerprint density at radius 2 is 1.88 bits per heavy atom. The van der Waals surface area contributed by atoms with Gasteiger partial charge < -0.3 is 14.2 Å². The number of esters is 1. The molecule has 1 heterocycles. The number of benzene rings is 2. The number of carbonyl (C=O) groups is 2. The van der Waals surface area contributed by atoms with E-state index in [9.17, 15) is 9.59 Å². The van der Waals surface area contributed by atoms with Gasteiger partial charge in [-0.25, -0.2) is 0 Å². The summed E-state index contributed by atoms with van der Waals surface area (Å²) in [7, 11) is 0. The molecule has 0 fully saturated rings. The Labute approximate surface area is 190 Å². The molecule has 0 aliphatic heterocycles. The summed E-state index contributed by atoms with van der Waals surface area (Å²) in [5, 5.41) is 1.05. The number of nitrogens with zero attached hydrogens (tertiary/aromatic N) is 2. The van der Waals surface area contributed by atoms with Gasteiger partial charge in [-0.2, -0.15) is 0 Å². The topological polar surface area (TPSA) is 51.5 Å². The standard InChI is InChI=1S/C27H32N2O3/c1-6-15-29-24-14-13-22(19(3)4)16-23(24)20(5)26(29)27(31)28(18-25(30)32-7-2)17-21-11-9-8-10-12-21/h6,8-14,16,19H,1,7,15,17-18H2,2-5H3. The number of carbonyl (C=O) groups excluding carboxylic acids is 2. The highest BCUT2D eigenvalue weighted by Gasteiger charge is 2.27. The lowest BCUT2D eigenvalue weighted by Gasteiger charge is -2.23. The van der Waals surface area contributed by atoms with Crippen LogP contribution in [0.25, 0.3) is 10.9 Å². The van der Waals surface area contributed by atoms with Gasteiger partial charge in [-0.1, -0.05) is 56.3 Å². The largest absolute Gasteiger partial charge is 0.465 e. The Morgan fingerprint density at radius 1 is 1.16 bits per heavy atom. The van der Waals surface area contributed by atoms with Gasteiger partial charge in [-0.3, -0.25) is 9.59 Å². The van der Waals surface area contributed by atoms with Crippen LogP contribution in [0.1, 0.15) is 53.9 Å². The van der Waals surface area contributed by atoms with E-state index in [0.717, 1.165) is 22.0 Å². The van der Waals surface area contributed by atoms with Gasteiger partial charge in [-0.05, 0) is 48.6 Å². The van der Waals surface area contributed by atoms with Crippen molar-refractivity contribution >= 4 is 22.8 Å². The molecule has 32 heavy (non-hydrogen) atoms. The van der Waals surface area contributed by atoms with Gasteiger partial charge in [0.1, 0.15) is 12.2 Å². The molecule has 1 aromatic heterocycles. The van der Waals surface area contributed by atoms with Crippen LogP contribution in [-0.4, -0.2) is 34.5 Å². The lowest BCUT2D eigenvalue weighted by atomic mass is 10.0. The maximum atomic E-state index is 13.9. The van der Waals surface area contributed by atoms with Crippen LogP contribution >= 0.6 is 0 Å². The van der Waals surface area contributed by atoms with Crippen molar-refractivity contribution in [3.8, 4) is 0 Å². The number of amides is 1. The van der Waals surface area contributed by atoms with Crippen LogP contribution in [0.15, 0.2) is 61.2 Å². The van der Waals surface area contributed by atoms with Crippen LogP contribution in [0.2, 0.25) is 0 Å². The van der Waals surface area contributed by atoms with Crippen LogP contribution in [0.4, 0.5) is 0 Å². The smallest absolute Gasteiger partial charge is 0.325 e. The predicted octanol–water partition coefficient (Wildman–Crippen LogP) is 5.46. The number of aromatic nitrogens is 1. The van der Waals surface area contributed by atoms with E-state index < -0.39 is 5.97 Å². The maximum absolute atomic E-state index is 13.9. The highest BCUT2D eigenvalue weighted by molar-refractivity contribution is 6.02. The highest BCUT2D eigenvalue weighted by Crippen LogP contribution is 2.30. The molecular weight excluding hydrogens is 400 g/mol. The van der Waals surface area contributed by atoms with Crippen molar-refractivity contribution in [2.75, 3.05) is 13.2 Å². The van der Waals surface area contributed by atoms with Gasteiger partial charge in [0.15, 0.2) is 0 Å². The molecule has 0 saturated heterocycles. The Kier molecular flexibility index (Phi) is 7.52. The lowest BCUT2D eigenvalue weighted by Crippen LogP contribution is -2.37. The van der Waals surface area contributed by atoms with E-state index in [1.165, 1.54) is 5.56 Å². The van der Waals surface area contributed by atoms with Crippen molar-refractivity contribution in [1.82, 2.24) is 9.47 Å². The molecule has 0 saturated carbocycles. The SMILES string of the molecule is C=CCn1c(C(=O)N(CC(=O)OCC)Cc2ccccc2)c(C)c2cc(C(C)C)ccc21. The summed E-state index contributed by atoms with van der Waals surface area (Å²) in [6.45, 7) is 12.9. The lowest BCUT2D eigenvalue weighted by molar-refractivity contribution is -0.143. The summed E-state index contributed by atoms with van der Waals surface area (Å²) in [5.41, 5.74) is 4.67. The number of hydrogen-bond acceptors (Lipinski definition) is 3. The van der Waals surface area contributed by atoms with Crippen LogP contribution in [0.3, 0.4) is 0 Å². The Bertz CT molecular complexity index is 1110. The van der Waals surface area contributed by atoms with Gasteiger partial charge in [0.05, 0.1) is 6.61 Å². The third-order valence-corrected chi connectivity index (χ3v) is 5.65. The van der Waals surface area contributed by atoms with E-state index in [-0.39, 0.29) is 19.1 Å². The average Bonchev–Trinajstić information content (AvgIpc) is 3.05. The molecule has 0 N–H and O–H groups in total. The van der Waals surface area contributed by atoms with E-state index in [1.807, 2.05) is 41.8 Å². The Hall–Kier alpha value is -3.34. The highest BCUT2D eigenvalue weighted by atomic mass is 16.5.